The second-order valence-corrected chi connectivity index (χ2v) is 7.02. The minimum atomic E-state index is 0.0224. The molecule has 2 aromatic heterocycles. The molecule has 9 heteroatoms. The fraction of sp³-hybridized carbons (Fsp3) is 0.500. The molecule has 4 N–H and O–H groups in total. The van der Waals surface area contributed by atoms with Crippen LogP contribution in [-0.4, -0.2) is 43.8 Å². The van der Waals surface area contributed by atoms with Gasteiger partial charge in [-0.05, 0) is 32.8 Å². The maximum atomic E-state index is 12.6. The number of hydrogen-bond acceptors (Lipinski definition) is 8. The van der Waals surface area contributed by atoms with Crippen LogP contribution in [0.2, 0.25) is 0 Å². The molecule has 0 aromatic carbocycles. The highest BCUT2D eigenvalue weighted by Gasteiger charge is 2.21. The van der Waals surface area contributed by atoms with Gasteiger partial charge in [0.1, 0.15) is 0 Å². The summed E-state index contributed by atoms with van der Waals surface area (Å²) in [6, 6.07) is 1.93. The Balaban J connectivity index is 1.69. The number of ketones is 1. The van der Waals surface area contributed by atoms with Gasteiger partial charge in [-0.3, -0.25) is 4.79 Å². The first-order valence-electron chi connectivity index (χ1n) is 8.15. The zero-order chi connectivity index (χ0) is 18.0. The molecule has 0 bridgehead atoms. The van der Waals surface area contributed by atoms with Gasteiger partial charge in [0, 0.05) is 30.1 Å². The normalized spacial score (nSPS) is 17.1. The number of aryl methyl sites for hydroxylation is 1. The van der Waals surface area contributed by atoms with Crippen molar-refractivity contribution >= 4 is 29.4 Å². The van der Waals surface area contributed by atoms with Crippen molar-refractivity contribution in [2.75, 3.05) is 23.8 Å². The van der Waals surface area contributed by atoms with E-state index in [9.17, 15) is 4.79 Å². The van der Waals surface area contributed by atoms with Crippen LogP contribution in [0.5, 0.6) is 0 Å². The molecule has 1 aliphatic heterocycles. The fourth-order valence-electron chi connectivity index (χ4n) is 3.02. The lowest BCUT2D eigenvalue weighted by Gasteiger charge is -2.14. The van der Waals surface area contributed by atoms with E-state index in [4.69, 9.17) is 16.2 Å². The molecule has 25 heavy (non-hydrogen) atoms. The molecule has 0 unspecified atom stereocenters. The molecule has 0 aliphatic carbocycles. The first-order valence-corrected chi connectivity index (χ1v) is 9.14. The zero-order valence-corrected chi connectivity index (χ0v) is 15.2. The van der Waals surface area contributed by atoms with Crippen molar-refractivity contribution in [1.82, 2.24) is 19.5 Å². The number of ether oxygens (including phenoxy) is 1. The maximum absolute atomic E-state index is 12.6. The van der Waals surface area contributed by atoms with Gasteiger partial charge in [-0.25, -0.2) is 0 Å². The Morgan fingerprint density at radius 3 is 2.68 bits per heavy atom. The number of nitrogens with two attached hydrogens (primary N) is 2. The number of Topliss-reactive ketones (excluding diaryl/α,β-unsaturated/α-hetero) is 1. The summed E-state index contributed by atoms with van der Waals surface area (Å²) in [5.74, 6) is 0.344. The molecule has 8 nitrogen and oxygen atoms in total. The van der Waals surface area contributed by atoms with Gasteiger partial charge in [0.2, 0.25) is 11.9 Å². The average molecular weight is 362 g/mol. The fourth-order valence-corrected chi connectivity index (χ4v) is 3.75. The molecule has 1 fully saturated rings. The molecule has 0 amide bonds. The summed E-state index contributed by atoms with van der Waals surface area (Å²) in [5, 5.41) is 0.353. The van der Waals surface area contributed by atoms with Crippen LogP contribution >= 0.6 is 11.8 Å². The van der Waals surface area contributed by atoms with E-state index in [2.05, 4.69) is 19.5 Å². The lowest BCUT2D eigenvalue weighted by molar-refractivity contribution is 0.0957. The lowest BCUT2D eigenvalue weighted by atomic mass is 10.2. The van der Waals surface area contributed by atoms with E-state index in [1.54, 1.807) is 0 Å². The third-order valence-corrected chi connectivity index (χ3v) is 5.11. The van der Waals surface area contributed by atoms with E-state index in [-0.39, 0.29) is 29.5 Å². The largest absolute Gasteiger partial charge is 0.376 e. The molecule has 2 aromatic rings. The molecule has 1 atom stereocenters. The van der Waals surface area contributed by atoms with Gasteiger partial charge in [0.05, 0.1) is 11.9 Å². The predicted octanol–water partition coefficient (Wildman–Crippen LogP) is 1.61. The van der Waals surface area contributed by atoms with Crippen LogP contribution in [0.3, 0.4) is 0 Å². The lowest BCUT2D eigenvalue weighted by Crippen LogP contribution is -2.17. The summed E-state index contributed by atoms with van der Waals surface area (Å²) in [5.41, 5.74) is 13.8. The van der Waals surface area contributed by atoms with Crippen molar-refractivity contribution in [3.8, 4) is 0 Å². The second-order valence-electron chi connectivity index (χ2n) is 6.08. The molecule has 0 radical (unpaired) electrons. The molecule has 0 saturated carbocycles. The average Bonchev–Trinajstić information content (AvgIpc) is 3.15. The van der Waals surface area contributed by atoms with Gasteiger partial charge >= 0.3 is 0 Å². The number of anilines is 2. The Morgan fingerprint density at radius 1 is 1.32 bits per heavy atom. The van der Waals surface area contributed by atoms with E-state index in [0.717, 1.165) is 42.9 Å². The smallest absolute Gasteiger partial charge is 0.225 e. The number of rotatable bonds is 6. The van der Waals surface area contributed by atoms with Crippen LogP contribution in [0.25, 0.3) is 0 Å². The summed E-state index contributed by atoms with van der Waals surface area (Å²) in [4.78, 5) is 24.3. The quantitative estimate of drug-likeness (QED) is 0.587. The summed E-state index contributed by atoms with van der Waals surface area (Å²) >= 11 is 1.20. The first-order chi connectivity index (χ1) is 11.9. The van der Waals surface area contributed by atoms with E-state index in [1.165, 1.54) is 11.8 Å². The number of nitrogens with zero attached hydrogens (tertiary/aromatic N) is 4. The number of thioether (sulfide) groups is 1. The van der Waals surface area contributed by atoms with Gasteiger partial charge in [-0.2, -0.15) is 15.0 Å². The van der Waals surface area contributed by atoms with Crippen LogP contribution in [-0.2, 0) is 11.3 Å². The second kappa shape index (κ2) is 7.40. The molecule has 0 spiro atoms. The number of nitrogen functional groups attached to an aromatic ring is 2. The third kappa shape index (κ3) is 4.10. The van der Waals surface area contributed by atoms with Crippen molar-refractivity contribution in [2.45, 2.75) is 44.5 Å². The molecular formula is C16H22N6O2S. The molecule has 1 saturated heterocycles. The van der Waals surface area contributed by atoms with Gasteiger partial charge < -0.3 is 20.8 Å². The van der Waals surface area contributed by atoms with Crippen LogP contribution in [0, 0.1) is 13.8 Å². The predicted molar refractivity (Wildman–Crippen MR) is 96.6 cm³/mol. The highest BCUT2D eigenvalue weighted by molar-refractivity contribution is 7.99. The number of carbonyl (C=O) groups excluding carboxylic acids is 1. The summed E-state index contributed by atoms with van der Waals surface area (Å²) < 4.78 is 7.87. The van der Waals surface area contributed by atoms with Crippen LogP contribution in [0.15, 0.2) is 11.2 Å². The number of carbonyl (C=O) groups is 1. The maximum Gasteiger partial charge on any atom is 0.225 e. The van der Waals surface area contributed by atoms with Crippen molar-refractivity contribution in [3.63, 3.8) is 0 Å². The van der Waals surface area contributed by atoms with Crippen LogP contribution < -0.4 is 11.5 Å². The van der Waals surface area contributed by atoms with Crippen LogP contribution in [0.1, 0.15) is 34.6 Å². The molecule has 134 valence electrons. The molecular weight excluding hydrogens is 340 g/mol. The van der Waals surface area contributed by atoms with Gasteiger partial charge in [-0.15, -0.1) is 0 Å². The molecule has 3 rings (SSSR count). The Kier molecular flexibility index (Phi) is 5.24. The monoisotopic (exact) mass is 362 g/mol. The Hall–Kier alpha value is -2.13. The van der Waals surface area contributed by atoms with E-state index >= 15 is 0 Å². The van der Waals surface area contributed by atoms with E-state index < -0.39 is 0 Å². The summed E-state index contributed by atoms with van der Waals surface area (Å²) in [6.45, 7) is 5.60. The minimum absolute atomic E-state index is 0.0224. The van der Waals surface area contributed by atoms with Crippen molar-refractivity contribution < 1.29 is 9.53 Å². The standard InChI is InChI=1S/C16H22N6O2S/c1-9-6-12(10(2)22(9)7-11-4-3-5-24-11)13(23)8-25-16-20-14(17)19-15(18)21-16/h6,11H,3-5,7-8H2,1-2H3,(H4,17,18,19,20,21)/t11-/m1/s1. The first kappa shape index (κ1) is 17.7. The van der Waals surface area contributed by atoms with Gasteiger partial charge in [0.25, 0.3) is 0 Å². The SMILES string of the molecule is Cc1cc(C(=O)CSc2nc(N)nc(N)n2)c(C)n1C[C@H]1CCCO1. The van der Waals surface area contributed by atoms with Crippen LogP contribution in [0.4, 0.5) is 11.9 Å². The minimum Gasteiger partial charge on any atom is -0.376 e. The Morgan fingerprint density at radius 2 is 2.04 bits per heavy atom. The van der Waals surface area contributed by atoms with Gasteiger partial charge in [-0.1, -0.05) is 11.8 Å². The highest BCUT2D eigenvalue weighted by Crippen LogP contribution is 2.23. The zero-order valence-electron chi connectivity index (χ0n) is 14.4. The number of aromatic nitrogens is 4. The molecule has 1 aliphatic rings. The third-order valence-electron chi connectivity index (χ3n) is 4.27. The van der Waals surface area contributed by atoms with Crippen molar-refractivity contribution in [1.29, 1.82) is 0 Å². The van der Waals surface area contributed by atoms with E-state index in [1.807, 2.05) is 19.9 Å². The van der Waals surface area contributed by atoms with E-state index in [0.29, 0.717) is 5.16 Å². The Bertz CT molecular complexity index is 765. The van der Waals surface area contributed by atoms with Crippen molar-refractivity contribution in [3.05, 3.63) is 23.0 Å². The number of hydrogen-bond donors (Lipinski definition) is 2. The summed E-state index contributed by atoms with van der Waals surface area (Å²) in [6.07, 6.45) is 2.40. The van der Waals surface area contributed by atoms with Gasteiger partial charge in [0.15, 0.2) is 10.9 Å². The molecule has 3 heterocycles. The topological polar surface area (TPSA) is 122 Å². The highest BCUT2D eigenvalue weighted by atomic mass is 32.2. The summed E-state index contributed by atoms with van der Waals surface area (Å²) in [7, 11) is 0. The Labute approximate surface area is 150 Å². The van der Waals surface area contributed by atoms with Crippen molar-refractivity contribution in [2.24, 2.45) is 0 Å².